The number of benzene rings is 3. The Morgan fingerprint density at radius 1 is 1.03 bits per heavy atom. The Labute approximate surface area is 199 Å². The second kappa shape index (κ2) is 10.0. The van der Waals surface area contributed by atoms with Gasteiger partial charge in [-0.2, -0.15) is 5.26 Å². The number of nitrogens with zero attached hydrogens (tertiary/aromatic N) is 1. The summed E-state index contributed by atoms with van der Waals surface area (Å²) >= 11 is 0. The highest BCUT2D eigenvalue weighted by molar-refractivity contribution is 6.10. The Morgan fingerprint density at radius 3 is 2.53 bits per heavy atom. The second-order valence-corrected chi connectivity index (χ2v) is 8.69. The lowest BCUT2D eigenvalue weighted by molar-refractivity contribution is 0.0945. The van der Waals surface area contributed by atoms with Gasteiger partial charge in [0.2, 0.25) is 0 Å². The van der Waals surface area contributed by atoms with Crippen LogP contribution in [0, 0.1) is 11.3 Å². The normalized spacial score (nSPS) is 14.8. The van der Waals surface area contributed by atoms with E-state index in [1.54, 1.807) is 0 Å². The number of nitrogens with one attached hydrogen (secondary N) is 4. The van der Waals surface area contributed by atoms with Crippen LogP contribution < -0.4 is 16.2 Å². The van der Waals surface area contributed by atoms with Crippen molar-refractivity contribution in [2.24, 2.45) is 0 Å². The van der Waals surface area contributed by atoms with Crippen LogP contribution in [0.4, 0.5) is 0 Å². The van der Waals surface area contributed by atoms with Crippen molar-refractivity contribution in [1.29, 1.82) is 5.26 Å². The number of H-pyrrole nitrogens is 1. The van der Waals surface area contributed by atoms with E-state index in [9.17, 15) is 4.79 Å². The molecular weight excluding hydrogens is 422 g/mol. The summed E-state index contributed by atoms with van der Waals surface area (Å²) in [5.74, 6) is 0.474. The summed E-state index contributed by atoms with van der Waals surface area (Å²) in [6.45, 7) is 2.44. The minimum Gasteiger partial charge on any atom is -0.360 e. The van der Waals surface area contributed by atoms with E-state index in [-0.39, 0.29) is 5.78 Å². The van der Waals surface area contributed by atoms with Crippen molar-refractivity contribution in [3.05, 3.63) is 107 Å². The second-order valence-electron chi connectivity index (χ2n) is 8.69. The highest BCUT2D eigenvalue weighted by Crippen LogP contribution is 2.28. The van der Waals surface area contributed by atoms with Crippen LogP contribution in [0.15, 0.2) is 79.0 Å². The molecule has 0 amide bonds. The fourth-order valence-corrected chi connectivity index (χ4v) is 4.57. The van der Waals surface area contributed by atoms with Gasteiger partial charge in [-0.3, -0.25) is 15.6 Å². The molecule has 4 N–H and O–H groups in total. The van der Waals surface area contributed by atoms with E-state index in [4.69, 9.17) is 5.26 Å². The number of hydrogen-bond acceptors (Lipinski definition) is 5. The molecule has 1 fully saturated rings. The molecule has 0 aliphatic carbocycles. The maximum atomic E-state index is 13.7. The zero-order valence-corrected chi connectivity index (χ0v) is 18.8. The first-order valence-corrected chi connectivity index (χ1v) is 11.6. The maximum absolute atomic E-state index is 13.7. The fourth-order valence-electron chi connectivity index (χ4n) is 4.57. The zero-order chi connectivity index (χ0) is 23.3. The van der Waals surface area contributed by atoms with Crippen molar-refractivity contribution in [3.8, 4) is 6.07 Å². The summed E-state index contributed by atoms with van der Waals surface area (Å²) < 4.78 is 0. The minimum atomic E-state index is -0.443. The summed E-state index contributed by atoms with van der Waals surface area (Å²) in [5.41, 5.74) is 12.0. The van der Waals surface area contributed by atoms with Gasteiger partial charge >= 0.3 is 0 Å². The van der Waals surface area contributed by atoms with Crippen molar-refractivity contribution in [3.63, 3.8) is 0 Å². The van der Waals surface area contributed by atoms with Gasteiger partial charge in [0.05, 0.1) is 17.7 Å². The first-order valence-electron chi connectivity index (χ1n) is 11.6. The number of carbonyl (C=O) groups excluding carboxylic acids is 1. The van der Waals surface area contributed by atoms with Crippen molar-refractivity contribution in [2.45, 2.75) is 18.4 Å². The van der Waals surface area contributed by atoms with Gasteiger partial charge in [-0.15, -0.1) is 0 Å². The predicted molar refractivity (Wildman–Crippen MR) is 133 cm³/mol. The Bertz CT molecular complexity index is 1310. The predicted octanol–water partition coefficient (Wildman–Crippen LogP) is 3.99. The summed E-state index contributed by atoms with van der Waals surface area (Å²) in [4.78, 5) is 17.1. The molecule has 170 valence electrons. The molecule has 4 aromatic rings. The third-order valence-electron chi connectivity index (χ3n) is 6.50. The molecule has 6 nitrogen and oxygen atoms in total. The van der Waals surface area contributed by atoms with E-state index < -0.39 is 6.04 Å². The number of rotatable bonds is 8. The molecule has 3 aromatic carbocycles. The largest absolute Gasteiger partial charge is 0.360 e. The molecule has 5 rings (SSSR count). The average Bonchev–Trinajstić information content (AvgIpc) is 3.57. The van der Waals surface area contributed by atoms with Crippen LogP contribution in [0.5, 0.6) is 0 Å². The SMILES string of the molecule is N#Cc1ccc(CCN[C@H](C(=O)c2c[nH]c3cc(C4CNNC4)ccc23)c2ccccc2)cc1. The van der Waals surface area contributed by atoms with Crippen LogP contribution in [0.3, 0.4) is 0 Å². The molecule has 2 heterocycles. The van der Waals surface area contributed by atoms with Crippen LogP contribution in [-0.4, -0.2) is 30.4 Å². The third kappa shape index (κ3) is 4.63. The number of aromatic amines is 1. The molecule has 0 radical (unpaired) electrons. The smallest absolute Gasteiger partial charge is 0.186 e. The first kappa shape index (κ1) is 22.1. The zero-order valence-electron chi connectivity index (χ0n) is 18.8. The van der Waals surface area contributed by atoms with Gasteiger partial charge in [0, 0.05) is 48.2 Å². The van der Waals surface area contributed by atoms with Gasteiger partial charge in [0.1, 0.15) is 0 Å². The molecule has 0 spiro atoms. The Balaban J connectivity index is 1.37. The maximum Gasteiger partial charge on any atom is 0.186 e. The van der Waals surface area contributed by atoms with Crippen LogP contribution in [0.25, 0.3) is 10.9 Å². The molecule has 0 saturated carbocycles. The minimum absolute atomic E-state index is 0.0502. The molecule has 1 aliphatic heterocycles. The summed E-state index contributed by atoms with van der Waals surface area (Å²) in [5, 5.41) is 13.4. The van der Waals surface area contributed by atoms with Gasteiger partial charge in [-0.1, -0.05) is 54.6 Å². The van der Waals surface area contributed by atoms with E-state index in [1.165, 1.54) is 5.56 Å². The molecule has 0 bridgehead atoms. The lowest BCUT2D eigenvalue weighted by atomic mass is 9.95. The number of carbonyl (C=O) groups is 1. The molecular formula is C28H27N5O. The molecule has 1 atom stereocenters. The van der Waals surface area contributed by atoms with Crippen LogP contribution in [0.1, 0.15) is 44.6 Å². The van der Waals surface area contributed by atoms with E-state index >= 15 is 0 Å². The Kier molecular flexibility index (Phi) is 6.50. The lowest BCUT2D eigenvalue weighted by Gasteiger charge is -2.18. The van der Waals surface area contributed by atoms with Crippen molar-refractivity contribution < 1.29 is 4.79 Å². The monoisotopic (exact) mass is 449 g/mol. The highest BCUT2D eigenvalue weighted by atomic mass is 16.1. The number of fused-ring (bicyclic) bond motifs is 1. The van der Waals surface area contributed by atoms with Gasteiger partial charge in [0.15, 0.2) is 5.78 Å². The lowest BCUT2D eigenvalue weighted by Crippen LogP contribution is -2.30. The van der Waals surface area contributed by atoms with Crippen LogP contribution in [-0.2, 0) is 6.42 Å². The number of hydrogen-bond donors (Lipinski definition) is 4. The number of aromatic nitrogens is 1. The van der Waals surface area contributed by atoms with Gasteiger partial charge in [-0.05, 0) is 41.3 Å². The van der Waals surface area contributed by atoms with Crippen molar-refractivity contribution >= 4 is 16.7 Å². The quantitative estimate of drug-likeness (QED) is 0.305. The number of ketones is 1. The Hall–Kier alpha value is -3.76. The van der Waals surface area contributed by atoms with Crippen LogP contribution in [0.2, 0.25) is 0 Å². The molecule has 6 heteroatoms. The Morgan fingerprint density at radius 2 is 1.79 bits per heavy atom. The van der Waals surface area contributed by atoms with E-state index in [2.05, 4.69) is 45.4 Å². The van der Waals surface area contributed by atoms with Gasteiger partial charge < -0.3 is 10.3 Å². The molecule has 1 aromatic heterocycles. The topological polar surface area (TPSA) is 92.7 Å². The molecule has 34 heavy (non-hydrogen) atoms. The van der Waals surface area contributed by atoms with Crippen molar-refractivity contribution in [1.82, 2.24) is 21.2 Å². The summed E-state index contributed by atoms with van der Waals surface area (Å²) in [6, 6.07) is 25.5. The van der Waals surface area contributed by atoms with E-state index in [0.717, 1.165) is 41.5 Å². The van der Waals surface area contributed by atoms with Crippen molar-refractivity contribution in [2.75, 3.05) is 19.6 Å². The number of nitriles is 1. The summed E-state index contributed by atoms with van der Waals surface area (Å²) in [7, 11) is 0. The van der Waals surface area contributed by atoms with E-state index in [1.807, 2.05) is 60.8 Å². The third-order valence-corrected chi connectivity index (χ3v) is 6.50. The highest BCUT2D eigenvalue weighted by Gasteiger charge is 2.25. The van der Waals surface area contributed by atoms with Gasteiger partial charge in [0.25, 0.3) is 0 Å². The van der Waals surface area contributed by atoms with Crippen LogP contribution >= 0.6 is 0 Å². The number of hydrazine groups is 1. The molecule has 1 aliphatic rings. The fraction of sp³-hybridized carbons (Fsp3) is 0.214. The van der Waals surface area contributed by atoms with E-state index in [0.29, 0.717) is 23.6 Å². The standard InChI is InChI=1S/C28H27N5O/c29-15-20-8-6-19(7-9-20)12-13-30-27(21-4-2-1-3-5-21)28(34)25-18-31-26-14-22(10-11-24(25)26)23-16-32-33-17-23/h1-11,14,18,23,27,30-33H,12-13,16-17H2/t27-/m0/s1. The summed E-state index contributed by atoms with van der Waals surface area (Å²) in [6.07, 6.45) is 2.60. The molecule has 1 saturated heterocycles. The molecule has 0 unspecified atom stereocenters. The van der Waals surface area contributed by atoms with Gasteiger partial charge in [-0.25, -0.2) is 0 Å². The first-order chi connectivity index (χ1) is 16.7. The average molecular weight is 450 g/mol. The number of Topliss-reactive ketones (excluding diaryl/α,β-unsaturated/α-hetero) is 1.